The van der Waals surface area contributed by atoms with Crippen LogP contribution in [0.3, 0.4) is 0 Å². The van der Waals surface area contributed by atoms with Crippen LogP contribution in [0.5, 0.6) is 0 Å². The maximum atomic E-state index is 11.9. The van der Waals surface area contributed by atoms with E-state index in [1.807, 2.05) is 18.2 Å². The van der Waals surface area contributed by atoms with E-state index in [9.17, 15) is 9.59 Å². The Morgan fingerprint density at radius 2 is 1.93 bits per heavy atom. The second-order valence-electron chi connectivity index (χ2n) is 6.57. The lowest BCUT2D eigenvalue weighted by atomic mass is 10.2. The summed E-state index contributed by atoms with van der Waals surface area (Å²) >= 11 is 12.6. The third-order valence-electron chi connectivity index (χ3n) is 4.57. The average Bonchev–Trinajstić information content (AvgIpc) is 3.30. The first-order valence-corrected chi connectivity index (χ1v) is 9.80. The van der Waals surface area contributed by atoms with Crippen LogP contribution in [0.4, 0.5) is 0 Å². The number of carbonyl (C=O) groups is 2. The number of nitrogens with zero attached hydrogens (tertiary/aromatic N) is 3. The second-order valence-corrected chi connectivity index (χ2v) is 7.33. The van der Waals surface area contributed by atoms with Gasteiger partial charge in [0.25, 0.3) is 5.91 Å². The molecule has 0 N–H and O–H groups in total. The maximum absolute atomic E-state index is 11.9. The Kier molecular flexibility index (Phi) is 6.75. The van der Waals surface area contributed by atoms with Gasteiger partial charge in [-0.1, -0.05) is 41.4 Å². The third-order valence-corrected chi connectivity index (χ3v) is 5.34. The van der Waals surface area contributed by atoms with Gasteiger partial charge < -0.3 is 9.64 Å². The van der Waals surface area contributed by atoms with Crippen molar-refractivity contribution in [2.75, 3.05) is 19.7 Å². The van der Waals surface area contributed by atoms with E-state index in [-0.39, 0.29) is 12.5 Å². The average molecular weight is 422 g/mol. The molecule has 1 amide bonds. The van der Waals surface area contributed by atoms with Crippen molar-refractivity contribution in [2.45, 2.75) is 26.3 Å². The van der Waals surface area contributed by atoms with Gasteiger partial charge in [-0.25, -0.2) is 9.48 Å². The van der Waals surface area contributed by atoms with Gasteiger partial charge in [0.05, 0.1) is 12.2 Å². The zero-order valence-electron chi connectivity index (χ0n) is 15.5. The minimum absolute atomic E-state index is 0.166. The molecule has 0 spiro atoms. The monoisotopic (exact) mass is 421 g/mol. The Balaban J connectivity index is 1.62. The summed E-state index contributed by atoms with van der Waals surface area (Å²) in [7, 11) is 0. The van der Waals surface area contributed by atoms with Crippen molar-refractivity contribution in [3.63, 3.8) is 0 Å². The van der Waals surface area contributed by atoms with E-state index in [0.29, 0.717) is 28.0 Å². The molecule has 1 saturated heterocycles. The molecule has 3 rings (SSSR count). The van der Waals surface area contributed by atoms with Gasteiger partial charge in [0.1, 0.15) is 5.15 Å². The highest BCUT2D eigenvalue weighted by molar-refractivity contribution is 6.32. The molecular formula is C20H21Cl2N3O3. The predicted molar refractivity (Wildman–Crippen MR) is 108 cm³/mol. The number of likely N-dealkylation sites (tertiary alicyclic amines) is 1. The highest BCUT2D eigenvalue weighted by Crippen LogP contribution is 2.24. The van der Waals surface area contributed by atoms with Crippen molar-refractivity contribution >= 4 is 41.2 Å². The Morgan fingerprint density at radius 1 is 1.21 bits per heavy atom. The van der Waals surface area contributed by atoms with E-state index in [1.54, 1.807) is 28.6 Å². The normalized spacial score (nSPS) is 14.0. The summed E-state index contributed by atoms with van der Waals surface area (Å²) in [5.74, 6) is -0.761. The minimum Gasteiger partial charge on any atom is -0.452 e. The van der Waals surface area contributed by atoms with Gasteiger partial charge in [0.15, 0.2) is 6.61 Å². The molecule has 0 saturated carbocycles. The molecule has 148 valence electrons. The van der Waals surface area contributed by atoms with E-state index in [2.05, 4.69) is 5.10 Å². The fourth-order valence-electron chi connectivity index (χ4n) is 3.04. The van der Waals surface area contributed by atoms with Gasteiger partial charge in [0, 0.05) is 29.8 Å². The van der Waals surface area contributed by atoms with Crippen LogP contribution in [0.15, 0.2) is 30.3 Å². The molecule has 2 aromatic rings. The molecule has 6 nitrogen and oxygen atoms in total. The number of aryl methyl sites for hydroxylation is 1. The molecule has 1 aliphatic heterocycles. The molecule has 1 aromatic carbocycles. The first kappa shape index (κ1) is 20.4. The summed E-state index contributed by atoms with van der Waals surface area (Å²) < 4.78 is 6.66. The summed E-state index contributed by atoms with van der Waals surface area (Å²) in [6.07, 6.45) is 4.80. The quantitative estimate of drug-likeness (QED) is 0.526. The fraction of sp³-hybridized carbons (Fsp3) is 0.350. The lowest BCUT2D eigenvalue weighted by Gasteiger charge is -2.14. The van der Waals surface area contributed by atoms with Crippen LogP contribution >= 0.6 is 23.2 Å². The van der Waals surface area contributed by atoms with Crippen LogP contribution in [0.1, 0.15) is 29.7 Å². The number of benzene rings is 1. The van der Waals surface area contributed by atoms with Crippen LogP contribution in [-0.4, -0.2) is 46.3 Å². The zero-order valence-corrected chi connectivity index (χ0v) is 17.0. The molecule has 0 radical (unpaired) electrons. The van der Waals surface area contributed by atoms with Gasteiger partial charge in [-0.2, -0.15) is 5.10 Å². The van der Waals surface area contributed by atoms with E-state index in [1.165, 1.54) is 6.08 Å². The Labute approximate surface area is 173 Å². The molecule has 1 aliphatic rings. The lowest BCUT2D eigenvalue weighted by Crippen LogP contribution is -2.31. The number of esters is 1. The van der Waals surface area contributed by atoms with Crippen LogP contribution in [0.2, 0.25) is 10.2 Å². The molecule has 0 atom stereocenters. The predicted octanol–water partition coefficient (Wildman–Crippen LogP) is 3.73. The number of hydrogen-bond donors (Lipinski definition) is 0. The topological polar surface area (TPSA) is 64.4 Å². The number of carbonyl (C=O) groups excluding carboxylic acids is 2. The maximum Gasteiger partial charge on any atom is 0.331 e. The van der Waals surface area contributed by atoms with Gasteiger partial charge >= 0.3 is 5.97 Å². The van der Waals surface area contributed by atoms with E-state index in [0.717, 1.165) is 31.5 Å². The van der Waals surface area contributed by atoms with Crippen LogP contribution in [0.25, 0.3) is 6.08 Å². The van der Waals surface area contributed by atoms with Gasteiger partial charge in [0.2, 0.25) is 0 Å². The molecule has 1 fully saturated rings. The number of amides is 1. The SMILES string of the molecule is Cc1nn(Cc2ccccc2Cl)c(Cl)c1/C=C/C(=O)OCC(=O)N1CCCC1. The van der Waals surface area contributed by atoms with Gasteiger partial charge in [-0.3, -0.25) is 4.79 Å². The Morgan fingerprint density at radius 3 is 2.64 bits per heavy atom. The fourth-order valence-corrected chi connectivity index (χ4v) is 3.53. The number of aromatic nitrogens is 2. The molecule has 0 unspecified atom stereocenters. The smallest absolute Gasteiger partial charge is 0.331 e. The second kappa shape index (κ2) is 9.26. The number of hydrogen-bond acceptors (Lipinski definition) is 4. The van der Waals surface area contributed by atoms with Gasteiger partial charge in [-0.15, -0.1) is 0 Å². The van der Waals surface area contributed by atoms with Crippen LogP contribution in [0, 0.1) is 6.92 Å². The van der Waals surface area contributed by atoms with Crippen molar-refractivity contribution in [3.8, 4) is 0 Å². The summed E-state index contributed by atoms with van der Waals surface area (Å²) in [6, 6.07) is 7.46. The van der Waals surface area contributed by atoms with Crippen molar-refractivity contribution in [2.24, 2.45) is 0 Å². The third kappa shape index (κ3) is 4.94. The summed E-state index contributed by atoms with van der Waals surface area (Å²) in [4.78, 5) is 25.6. The Hall–Kier alpha value is -2.31. The summed E-state index contributed by atoms with van der Waals surface area (Å²) in [5, 5.41) is 5.45. The van der Waals surface area contributed by atoms with Gasteiger partial charge in [-0.05, 0) is 37.5 Å². The largest absolute Gasteiger partial charge is 0.452 e. The number of ether oxygens (including phenoxy) is 1. The van der Waals surface area contributed by atoms with Crippen LogP contribution in [-0.2, 0) is 20.9 Å². The van der Waals surface area contributed by atoms with E-state index >= 15 is 0 Å². The van der Waals surface area contributed by atoms with Crippen molar-refractivity contribution in [1.29, 1.82) is 0 Å². The first-order chi connectivity index (χ1) is 13.5. The minimum atomic E-state index is -0.595. The molecule has 0 bridgehead atoms. The van der Waals surface area contributed by atoms with Crippen molar-refractivity contribution in [1.82, 2.24) is 14.7 Å². The standard InChI is InChI=1S/C20H21Cl2N3O3/c1-14-16(8-9-19(27)28-13-18(26)24-10-4-5-11-24)20(22)25(23-14)12-15-6-2-3-7-17(15)21/h2-3,6-9H,4-5,10-13H2,1H3/b9-8+. The molecule has 2 heterocycles. The number of halogens is 2. The molecule has 1 aromatic heterocycles. The van der Waals surface area contributed by atoms with E-state index in [4.69, 9.17) is 27.9 Å². The highest BCUT2D eigenvalue weighted by Gasteiger charge is 2.19. The zero-order chi connectivity index (χ0) is 20.1. The van der Waals surface area contributed by atoms with Crippen LogP contribution < -0.4 is 0 Å². The lowest BCUT2D eigenvalue weighted by molar-refractivity contribution is -0.147. The summed E-state index contributed by atoms with van der Waals surface area (Å²) in [6.45, 7) is 3.43. The van der Waals surface area contributed by atoms with E-state index < -0.39 is 5.97 Å². The molecule has 0 aliphatic carbocycles. The Bertz CT molecular complexity index is 902. The molecular weight excluding hydrogens is 401 g/mol. The molecule has 8 heteroatoms. The molecule has 28 heavy (non-hydrogen) atoms. The van der Waals surface area contributed by atoms with Crippen molar-refractivity contribution < 1.29 is 14.3 Å². The number of rotatable bonds is 6. The van der Waals surface area contributed by atoms with Crippen molar-refractivity contribution in [3.05, 3.63) is 57.3 Å². The highest BCUT2D eigenvalue weighted by atomic mass is 35.5. The first-order valence-electron chi connectivity index (χ1n) is 9.04. The summed E-state index contributed by atoms with van der Waals surface area (Å²) in [5.41, 5.74) is 2.19.